The van der Waals surface area contributed by atoms with Gasteiger partial charge >= 0.3 is 21.3 Å². The fourth-order valence-corrected chi connectivity index (χ4v) is 5.71. The maximum absolute atomic E-state index is 12.2. The number of aromatic amines is 1. The first-order valence-electron chi connectivity index (χ1n) is 10.4. The average molecular weight is 580 g/mol. The summed E-state index contributed by atoms with van der Waals surface area (Å²) in [5.74, 6) is 0. The van der Waals surface area contributed by atoms with Gasteiger partial charge in [-0.15, -0.1) is 0 Å². The number of nitrogens with one attached hydrogen (secondary N) is 1. The normalized spacial score (nSPS) is 38.6. The molecule has 2 saturated heterocycles. The molecule has 2 aliphatic rings. The zero-order valence-corrected chi connectivity index (χ0v) is 20.5. The van der Waals surface area contributed by atoms with Crippen molar-refractivity contribution in [2.45, 2.75) is 68.3 Å². The van der Waals surface area contributed by atoms with Crippen molar-refractivity contribution < 1.29 is 72.4 Å². The number of H-pyrrole nitrogens is 1. The van der Waals surface area contributed by atoms with Crippen LogP contribution in [-0.4, -0.2) is 112 Å². The summed E-state index contributed by atoms with van der Waals surface area (Å²) < 4.78 is 48.4. The molecular weight excluding hydrogens is 554 g/mol. The Morgan fingerprint density at radius 2 is 1.65 bits per heavy atom. The van der Waals surface area contributed by atoms with Crippen molar-refractivity contribution >= 4 is 15.6 Å². The predicted molar refractivity (Wildman–Crippen MR) is 113 cm³/mol. The first-order chi connectivity index (χ1) is 17.0. The van der Waals surface area contributed by atoms with E-state index in [1.165, 1.54) is 0 Å². The number of nitrogens with zero attached hydrogens (tertiary/aromatic N) is 1. The Bertz CT molecular complexity index is 1160. The Morgan fingerprint density at radius 3 is 2.24 bits per heavy atom. The van der Waals surface area contributed by atoms with E-state index in [2.05, 4.69) is 13.4 Å². The van der Waals surface area contributed by atoms with Crippen LogP contribution in [0.3, 0.4) is 0 Å². The van der Waals surface area contributed by atoms with Crippen molar-refractivity contribution in [3.05, 3.63) is 33.1 Å². The highest BCUT2D eigenvalue weighted by atomic mass is 31.3. The van der Waals surface area contributed by atoms with Crippen LogP contribution in [-0.2, 0) is 32.0 Å². The van der Waals surface area contributed by atoms with Crippen molar-refractivity contribution in [1.82, 2.24) is 9.55 Å². The molecule has 37 heavy (non-hydrogen) atoms. The lowest BCUT2D eigenvalue weighted by Gasteiger charge is -2.41. The highest BCUT2D eigenvalue weighted by Gasteiger charge is 2.50. The highest BCUT2D eigenvalue weighted by Crippen LogP contribution is 2.61. The molecule has 1 aromatic rings. The molecule has 0 aliphatic carbocycles. The number of rotatable bonds is 9. The fraction of sp³-hybridized carbons (Fsp3) is 0.750. The van der Waals surface area contributed by atoms with Crippen LogP contribution in [0.25, 0.3) is 0 Å². The van der Waals surface area contributed by atoms with Gasteiger partial charge in [0.05, 0.1) is 12.7 Å². The summed E-state index contributed by atoms with van der Waals surface area (Å²) in [6.45, 7) is 0.104. The first-order valence-corrected chi connectivity index (χ1v) is 13.4. The molecule has 0 saturated carbocycles. The first kappa shape index (κ1) is 30.2. The van der Waals surface area contributed by atoms with Crippen LogP contribution in [0.15, 0.2) is 21.9 Å². The summed E-state index contributed by atoms with van der Waals surface area (Å²) >= 11 is 0. The largest absolute Gasteiger partial charge is 0.483 e. The summed E-state index contributed by atoms with van der Waals surface area (Å²) in [5, 5.41) is 59.5. The molecule has 0 aromatic carbocycles. The quantitative estimate of drug-likeness (QED) is 0.125. The minimum atomic E-state index is -5.61. The van der Waals surface area contributed by atoms with Gasteiger partial charge in [0.2, 0.25) is 0 Å². The molecule has 212 valence electrons. The highest BCUT2D eigenvalue weighted by molar-refractivity contribution is 7.61. The SMILES string of the molecule is CC(O)C1OC(OP(=O)(O)OP(=O)(O)OC[C@H]2O[C@@H](n3ccc(=O)[nH]c3=O)[C@H](O)[C@@H]2O)C(O)C(O)C1O. The van der Waals surface area contributed by atoms with E-state index in [-0.39, 0.29) is 0 Å². The van der Waals surface area contributed by atoms with Gasteiger partial charge in [0, 0.05) is 12.3 Å². The van der Waals surface area contributed by atoms with E-state index in [1.807, 2.05) is 4.98 Å². The van der Waals surface area contributed by atoms with Crippen molar-refractivity contribution in [2.24, 2.45) is 0 Å². The van der Waals surface area contributed by atoms with Gasteiger partial charge in [-0.2, -0.15) is 4.31 Å². The Morgan fingerprint density at radius 1 is 1.00 bits per heavy atom. The molecule has 1 aromatic heterocycles. The second-order valence-electron chi connectivity index (χ2n) is 8.17. The van der Waals surface area contributed by atoms with Crippen LogP contribution < -0.4 is 11.2 Å². The topological polar surface area (TPSA) is 297 Å². The summed E-state index contributed by atoms with van der Waals surface area (Å²) in [4.78, 5) is 44.6. The van der Waals surface area contributed by atoms with Crippen LogP contribution in [0.4, 0.5) is 0 Å². The van der Waals surface area contributed by atoms with Crippen molar-refractivity contribution in [1.29, 1.82) is 0 Å². The average Bonchev–Trinajstić information content (AvgIpc) is 3.05. The van der Waals surface area contributed by atoms with E-state index < -0.39 is 94.9 Å². The lowest BCUT2D eigenvalue weighted by molar-refractivity contribution is -0.289. The van der Waals surface area contributed by atoms with E-state index in [0.717, 1.165) is 23.8 Å². The molecule has 0 radical (unpaired) electrons. The lowest BCUT2D eigenvalue weighted by atomic mass is 9.96. The van der Waals surface area contributed by atoms with Gasteiger partial charge in [0.25, 0.3) is 5.56 Å². The molecule has 2 fully saturated rings. The monoisotopic (exact) mass is 580 g/mol. The van der Waals surface area contributed by atoms with E-state index >= 15 is 0 Å². The molecule has 0 amide bonds. The van der Waals surface area contributed by atoms with Gasteiger partial charge < -0.3 is 49.9 Å². The van der Waals surface area contributed by atoms with Gasteiger partial charge in [-0.3, -0.25) is 23.4 Å². The molecule has 2 aliphatic heterocycles. The molecule has 8 unspecified atom stereocenters. The fourth-order valence-electron chi connectivity index (χ4n) is 3.56. The molecular formula is C16H26N2O17P2. The second kappa shape index (κ2) is 11.4. The van der Waals surface area contributed by atoms with Crippen LogP contribution in [0.5, 0.6) is 0 Å². The van der Waals surface area contributed by atoms with Gasteiger partial charge in [0.15, 0.2) is 12.5 Å². The summed E-state index contributed by atoms with van der Waals surface area (Å²) in [5.41, 5.74) is -1.75. The van der Waals surface area contributed by atoms with E-state index in [0.29, 0.717) is 0 Å². The molecule has 0 bridgehead atoms. The molecule has 21 heteroatoms. The minimum absolute atomic E-state index is 0.724. The number of aliphatic hydroxyl groups is 6. The third-order valence-electron chi connectivity index (χ3n) is 5.39. The van der Waals surface area contributed by atoms with E-state index in [4.69, 9.17) is 9.47 Å². The lowest BCUT2D eigenvalue weighted by Crippen LogP contribution is -2.60. The predicted octanol–water partition coefficient (Wildman–Crippen LogP) is -4.41. The minimum Gasteiger partial charge on any atom is -0.391 e. The smallest absolute Gasteiger partial charge is 0.391 e. The number of aromatic nitrogens is 2. The van der Waals surface area contributed by atoms with Gasteiger partial charge in [0.1, 0.15) is 42.7 Å². The molecule has 3 rings (SSSR count). The van der Waals surface area contributed by atoms with Gasteiger partial charge in [-0.05, 0) is 6.92 Å². The summed E-state index contributed by atoms with van der Waals surface area (Å²) in [7, 11) is -11.1. The molecule has 3 heterocycles. The Balaban J connectivity index is 1.62. The molecule has 9 N–H and O–H groups in total. The van der Waals surface area contributed by atoms with Crippen LogP contribution in [0.2, 0.25) is 0 Å². The molecule has 0 spiro atoms. The summed E-state index contributed by atoms with van der Waals surface area (Å²) in [6.07, 6.45) is -16.9. The second-order valence-corrected chi connectivity index (χ2v) is 11.2. The zero-order valence-electron chi connectivity index (χ0n) is 18.7. The van der Waals surface area contributed by atoms with Crippen LogP contribution in [0.1, 0.15) is 13.2 Å². The number of phosphoric ester groups is 2. The molecule has 19 nitrogen and oxygen atoms in total. The number of ether oxygens (including phenoxy) is 2. The number of phosphoric acid groups is 2. The summed E-state index contributed by atoms with van der Waals surface area (Å²) in [6, 6.07) is 0.929. The number of hydrogen-bond acceptors (Lipinski definition) is 15. The van der Waals surface area contributed by atoms with E-state index in [9.17, 15) is 59.1 Å². The third kappa shape index (κ3) is 6.99. The van der Waals surface area contributed by atoms with Gasteiger partial charge in [-0.1, -0.05) is 0 Å². The van der Waals surface area contributed by atoms with E-state index in [1.54, 1.807) is 0 Å². The Hall–Kier alpha value is -1.38. The Labute approximate surface area is 206 Å². The maximum atomic E-state index is 12.2. The molecule has 12 atom stereocenters. The van der Waals surface area contributed by atoms with Crippen molar-refractivity contribution in [3.8, 4) is 0 Å². The maximum Gasteiger partial charge on any atom is 0.483 e. The van der Waals surface area contributed by atoms with Crippen LogP contribution in [0, 0.1) is 0 Å². The standard InChI is InChI=1S/C16H26N2O17P2/c1-5(19)13-10(23)9(22)12(25)15(33-13)34-37(29,30)35-36(27,28)31-4-6-8(21)11(24)14(32-6)18-3-2-7(20)17-16(18)26/h2-3,5-6,8-15,19,21-25H,4H2,1H3,(H,27,28)(H,29,30)(H,17,20,26)/t5?,6-,8-,9?,10?,11-,12?,13?,14-,15?/m1/s1. The number of aliphatic hydroxyl groups excluding tert-OH is 6. The zero-order chi connectivity index (χ0) is 27.9. The van der Waals surface area contributed by atoms with Crippen molar-refractivity contribution in [3.63, 3.8) is 0 Å². The number of hydrogen-bond donors (Lipinski definition) is 9. The van der Waals surface area contributed by atoms with Crippen molar-refractivity contribution in [2.75, 3.05) is 6.61 Å². The Kier molecular flexibility index (Phi) is 9.28. The third-order valence-corrected chi connectivity index (χ3v) is 7.99. The van der Waals surface area contributed by atoms with Gasteiger partial charge in [-0.25, -0.2) is 13.9 Å². The van der Waals surface area contributed by atoms with Crippen LogP contribution >= 0.6 is 15.6 Å².